The Hall–Kier alpha value is -3.80. The Labute approximate surface area is 162 Å². The predicted molar refractivity (Wildman–Crippen MR) is 102 cm³/mol. The van der Waals surface area contributed by atoms with E-state index in [2.05, 4.69) is 0 Å². The second-order valence-corrected chi connectivity index (χ2v) is 5.66. The van der Waals surface area contributed by atoms with Crippen LogP contribution in [0.15, 0.2) is 72.8 Å². The van der Waals surface area contributed by atoms with Crippen molar-refractivity contribution < 1.29 is 28.5 Å². The molecule has 0 unspecified atom stereocenters. The van der Waals surface area contributed by atoms with Crippen LogP contribution in [0.2, 0.25) is 0 Å². The molecule has 0 saturated heterocycles. The van der Waals surface area contributed by atoms with E-state index < -0.39 is 11.9 Å². The summed E-state index contributed by atoms with van der Waals surface area (Å²) in [6, 6.07) is 19.7. The number of hydrogen-bond acceptors (Lipinski definition) is 6. The molecule has 0 aliphatic carbocycles. The maximum atomic E-state index is 12.5. The molecule has 6 heteroatoms. The Balaban J connectivity index is 1.81. The molecule has 0 saturated carbocycles. The van der Waals surface area contributed by atoms with Gasteiger partial charge in [0.1, 0.15) is 17.1 Å². The van der Waals surface area contributed by atoms with Crippen molar-refractivity contribution in [1.82, 2.24) is 0 Å². The Morgan fingerprint density at radius 3 is 2.04 bits per heavy atom. The third-order valence-corrected chi connectivity index (χ3v) is 3.88. The number of carbonyl (C=O) groups excluding carboxylic acids is 2. The van der Waals surface area contributed by atoms with E-state index in [0.29, 0.717) is 17.2 Å². The quantitative estimate of drug-likeness (QED) is 0.474. The highest BCUT2D eigenvalue weighted by atomic mass is 16.6. The summed E-state index contributed by atoms with van der Waals surface area (Å²) in [7, 11) is 2.98. The van der Waals surface area contributed by atoms with Crippen LogP contribution in [0.1, 0.15) is 20.7 Å². The SMILES string of the molecule is COc1ccc(C(=O)Oc2ccccc2C(=O)Oc2ccccc2)cc1OC. The van der Waals surface area contributed by atoms with E-state index in [0.717, 1.165) is 0 Å². The smallest absolute Gasteiger partial charge is 0.347 e. The summed E-state index contributed by atoms with van der Waals surface area (Å²) >= 11 is 0. The number of ether oxygens (including phenoxy) is 4. The van der Waals surface area contributed by atoms with Crippen LogP contribution < -0.4 is 18.9 Å². The molecular weight excluding hydrogens is 360 g/mol. The second-order valence-electron chi connectivity index (χ2n) is 5.66. The fourth-order valence-electron chi connectivity index (χ4n) is 2.50. The van der Waals surface area contributed by atoms with Crippen molar-refractivity contribution in [3.05, 3.63) is 83.9 Å². The van der Waals surface area contributed by atoms with Gasteiger partial charge in [-0.1, -0.05) is 30.3 Å². The first-order chi connectivity index (χ1) is 13.6. The van der Waals surface area contributed by atoms with Gasteiger partial charge in [-0.05, 0) is 42.5 Å². The summed E-state index contributed by atoms with van der Waals surface area (Å²) < 4.78 is 21.1. The zero-order valence-corrected chi connectivity index (χ0v) is 15.4. The summed E-state index contributed by atoms with van der Waals surface area (Å²) in [5.74, 6) is 0.124. The molecule has 3 aromatic carbocycles. The summed E-state index contributed by atoms with van der Waals surface area (Å²) in [6.45, 7) is 0. The van der Waals surface area contributed by atoms with E-state index in [1.807, 2.05) is 6.07 Å². The fourth-order valence-corrected chi connectivity index (χ4v) is 2.50. The summed E-state index contributed by atoms with van der Waals surface area (Å²) in [6.07, 6.45) is 0. The molecule has 0 aliphatic heterocycles. The minimum atomic E-state index is -0.638. The Morgan fingerprint density at radius 1 is 0.643 bits per heavy atom. The van der Waals surface area contributed by atoms with Gasteiger partial charge in [0.15, 0.2) is 11.5 Å². The lowest BCUT2D eigenvalue weighted by atomic mass is 10.2. The van der Waals surface area contributed by atoms with E-state index in [9.17, 15) is 9.59 Å². The molecule has 0 bridgehead atoms. The van der Waals surface area contributed by atoms with Crippen molar-refractivity contribution in [1.29, 1.82) is 0 Å². The predicted octanol–water partition coefficient (Wildman–Crippen LogP) is 4.14. The van der Waals surface area contributed by atoms with Gasteiger partial charge in [-0.2, -0.15) is 0 Å². The standard InChI is InChI=1S/C22H18O6/c1-25-19-13-12-15(14-20(19)26-2)21(23)28-18-11-7-6-10-17(18)22(24)27-16-8-4-3-5-9-16/h3-14H,1-2H3. The molecule has 0 atom stereocenters. The first kappa shape index (κ1) is 19.0. The van der Waals surface area contributed by atoms with E-state index in [1.54, 1.807) is 48.5 Å². The molecule has 142 valence electrons. The topological polar surface area (TPSA) is 71.1 Å². The van der Waals surface area contributed by atoms with Crippen molar-refractivity contribution >= 4 is 11.9 Å². The van der Waals surface area contributed by atoms with E-state index >= 15 is 0 Å². The van der Waals surface area contributed by atoms with Gasteiger partial charge in [0, 0.05) is 0 Å². The van der Waals surface area contributed by atoms with Gasteiger partial charge in [-0.3, -0.25) is 0 Å². The Morgan fingerprint density at radius 2 is 1.32 bits per heavy atom. The third-order valence-electron chi connectivity index (χ3n) is 3.88. The first-order valence-corrected chi connectivity index (χ1v) is 8.43. The van der Waals surface area contributed by atoms with Crippen LogP contribution in [-0.4, -0.2) is 26.2 Å². The van der Waals surface area contributed by atoms with Crippen LogP contribution in [0.4, 0.5) is 0 Å². The molecule has 6 nitrogen and oxygen atoms in total. The van der Waals surface area contributed by atoms with Crippen LogP contribution in [-0.2, 0) is 0 Å². The van der Waals surface area contributed by atoms with Crippen LogP contribution in [0.25, 0.3) is 0 Å². The van der Waals surface area contributed by atoms with Gasteiger partial charge in [0.05, 0.1) is 19.8 Å². The number of benzene rings is 3. The monoisotopic (exact) mass is 378 g/mol. The third kappa shape index (κ3) is 4.29. The lowest BCUT2D eigenvalue weighted by Crippen LogP contribution is -2.14. The molecule has 0 radical (unpaired) electrons. The molecule has 3 aromatic rings. The molecular formula is C22H18O6. The molecule has 0 heterocycles. The number of methoxy groups -OCH3 is 2. The second kappa shape index (κ2) is 8.73. The van der Waals surface area contributed by atoms with E-state index in [1.165, 1.54) is 32.4 Å². The molecule has 0 aromatic heterocycles. The number of rotatable bonds is 6. The van der Waals surface area contributed by atoms with E-state index in [-0.39, 0.29) is 16.9 Å². The minimum absolute atomic E-state index is 0.100. The molecule has 3 rings (SSSR count). The number of carbonyl (C=O) groups is 2. The van der Waals surface area contributed by atoms with Gasteiger partial charge in [-0.25, -0.2) is 9.59 Å². The van der Waals surface area contributed by atoms with Crippen LogP contribution in [0.3, 0.4) is 0 Å². The van der Waals surface area contributed by atoms with Crippen molar-refractivity contribution in [3.8, 4) is 23.0 Å². The molecule has 0 spiro atoms. The Bertz CT molecular complexity index is 981. The molecule has 0 N–H and O–H groups in total. The van der Waals surface area contributed by atoms with Gasteiger partial charge in [0.2, 0.25) is 0 Å². The Kier molecular flexibility index (Phi) is 5.91. The van der Waals surface area contributed by atoms with Gasteiger partial charge in [0.25, 0.3) is 0 Å². The van der Waals surface area contributed by atoms with Crippen molar-refractivity contribution in [3.63, 3.8) is 0 Å². The van der Waals surface area contributed by atoms with Crippen molar-refractivity contribution in [2.24, 2.45) is 0 Å². The maximum Gasteiger partial charge on any atom is 0.347 e. The highest BCUT2D eigenvalue weighted by molar-refractivity contribution is 5.97. The lowest BCUT2D eigenvalue weighted by Gasteiger charge is -2.11. The number of para-hydroxylation sites is 2. The summed E-state index contributed by atoms with van der Waals surface area (Å²) in [4.78, 5) is 25.0. The van der Waals surface area contributed by atoms with Crippen molar-refractivity contribution in [2.75, 3.05) is 14.2 Å². The average Bonchev–Trinajstić information content (AvgIpc) is 2.74. The lowest BCUT2D eigenvalue weighted by molar-refractivity contribution is 0.0706. The fraction of sp³-hybridized carbons (Fsp3) is 0.0909. The molecule has 28 heavy (non-hydrogen) atoms. The normalized spacial score (nSPS) is 10.1. The number of hydrogen-bond donors (Lipinski definition) is 0. The zero-order chi connectivity index (χ0) is 19.9. The summed E-state index contributed by atoms with van der Waals surface area (Å²) in [5.41, 5.74) is 0.393. The largest absolute Gasteiger partial charge is 0.493 e. The number of esters is 2. The van der Waals surface area contributed by atoms with Crippen LogP contribution >= 0.6 is 0 Å². The van der Waals surface area contributed by atoms with Gasteiger partial charge < -0.3 is 18.9 Å². The van der Waals surface area contributed by atoms with Gasteiger partial charge >= 0.3 is 11.9 Å². The average molecular weight is 378 g/mol. The molecule has 0 aliphatic rings. The van der Waals surface area contributed by atoms with Gasteiger partial charge in [-0.15, -0.1) is 0 Å². The van der Waals surface area contributed by atoms with Crippen LogP contribution in [0, 0.1) is 0 Å². The zero-order valence-electron chi connectivity index (χ0n) is 15.4. The molecule has 0 amide bonds. The highest BCUT2D eigenvalue weighted by Gasteiger charge is 2.19. The van der Waals surface area contributed by atoms with Crippen LogP contribution in [0.5, 0.6) is 23.0 Å². The minimum Gasteiger partial charge on any atom is -0.493 e. The van der Waals surface area contributed by atoms with Crippen molar-refractivity contribution in [2.45, 2.75) is 0 Å². The first-order valence-electron chi connectivity index (χ1n) is 8.43. The molecule has 0 fully saturated rings. The maximum absolute atomic E-state index is 12.5. The highest BCUT2D eigenvalue weighted by Crippen LogP contribution is 2.28. The summed E-state index contributed by atoms with van der Waals surface area (Å²) in [5, 5.41) is 0. The van der Waals surface area contributed by atoms with E-state index in [4.69, 9.17) is 18.9 Å².